The van der Waals surface area contributed by atoms with Gasteiger partial charge in [0.25, 0.3) is 0 Å². The van der Waals surface area contributed by atoms with Gasteiger partial charge in [-0.05, 0) is 31.2 Å². The molecule has 0 saturated carbocycles. The molecule has 0 fully saturated rings. The van der Waals surface area contributed by atoms with Crippen LogP contribution in [0.2, 0.25) is 0 Å². The van der Waals surface area contributed by atoms with Crippen molar-refractivity contribution in [2.24, 2.45) is 0 Å². The second-order valence-electron chi connectivity index (χ2n) is 4.12. The lowest BCUT2D eigenvalue weighted by molar-refractivity contribution is -0.117. The number of hydrogen-bond acceptors (Lipinski definition) is 5. The van der Waals surface area contributed by atoms with Gasteiger partial charge in [-0.3, -0.25) is 4.79 Å². The Bertz CT molecular complexity index is 715. The van der Waals surface area contributed by atoms with Crippen LogP contribution >= 0.6 is 11.3 Å². The molecule has 1 aromatic carbocycles. The van der Waals surface area contributed by atoms with E-state index in [2.05, 4.69) is 15.0 Å². The molecule has 21 heavy (non-hydrogen) atoms. The van der Waals surface area contributed by atoms with Crippen molar-refractivity contribution in [2.45, 2.75) is 17.9 Å². The van der Waals surface area contributed by atoms with E-state index in [-0.39, 0.29) is 4.90 Å². The summed E-state index contributed by atoms with van der Waals surface area (Å²) in [5.74, 6) is -1.07. The van der Waals surface area contributed by atoms with E-state index >= 15 is 0 Å². The van der Waals surface area contributed by atoms with Gasteiger partial charge in [0.2, 0.25) is 15.9 Å². The number of nitrogens with zero attached hydrogens (tertiary/aromatic N) is 1. The SMILES string of the molecule is C[C@H](NS(=O)(=O)c1ccc(F)cc1)C(=O)Nc1nccs1. The van der Waals surface area contributed by atoms with Crippen LogP contribution in [0.5, 0.6) is 0 Å². The Morgan fingerprint density at radius 1 is 1.33 bits per heavy atom. The summed E-state index contributed by atoms with van der Waals surface area (Å²) in [5.41, 5.74) is 0. The molecular formula is C12H12FN3O3S2. The van der Waals surface area contributed by atoms with Crippen molar-refractivity contribution in [1.82, 2.24) is 9.71 Å². The molecule has 9 heteroatoms. The predicted octanol–water partition coefficient (Wildman–Crippen LogP) is 1.59. The summed E-state index contributed by atoms with van der Waals surface area (Å²) in [6.45, 7) is 1.41. The summed E-state index contributed by atoms with van der Waals surface area (Å²) in [6, 6.07) is 3.33. The van der Waals surface area contributed by atoms with E-state index in [4.69, 9.17) is 0 Å². The molecule has 112 valence electrons. The Hall–Kier alpha value is -1.84. The van der Waals surface area contributed by atoms with E-state index in [1.165, 1.54) is 24.5 Å². The molecule has 1 amide bonds. The van der Waals surface area contributed by atoms with Gasteiger partial charge in [0, 0.05) is 11.6 Å². The first-order valence-corrected chi connectivity index (χ1v) is 8.23. The lowest BCUT2D eigenvalue weighted by Crippen LogP contribution is -2.41. The number of carbonyl (C=O) groups excluding carboxylic acids is 1. The Balaban J connectivity index is 2.05. The molecule has 0 unspecified atom stereocenters. The lowest BCUT2D eigenvalue weighted by atomic mass is 10.3. The van der Waals surface area contributed by atoms with Crippen molar-refractivity contribution >= 4 is 32.4 Å². The van der Waals surface area contributed by atoms with Crippen LogP contribution in [0.25, 0.3) is 0 Å². The summed E-state index contributed by atoms with van der Waals surface area (Å²) < 4.78 is 39.1. The molecule has 0 aliphatic carbocycles. The van der Waals surface area contributed by atoms with E-state index in [1.54, 1.807) is 5.38 Å². The van der Waals surface area contributed by atoms with Gasteiger partial charge in [-0.2, -0.15) is 4.72 Å². The summed E-state index contributed by atoms with van der Waals surface area (Å²) in [4.78, 5) is 15.6. The molecule has 1 atom stereocenters. The summed E-state index contributed by atoms with van der Waals surface area (Å²) in [5, 5.41) is 4.55. The first-order chi connectivity index (χ1) is 9.88. The topological polar surface area (TPSA) is 88.2 Å². The Morgan fingerprint density at radius 3 is 2.57 bits per heavy atom. The number of hydrogen-bond donors (Lipinski definition) is 2. The molecule has 2 N–H and O–H groups in total. The highest BCUT2D eigenvalue weighted by Crippen LogP contribution is 2.12. The van der Waals surface area contributed by atoms with Gasteiger partial charge in [0.15, 0.2) is 5.13 Å². The second-order valence-corrected chi connectivity index (χ2v) is 6.73. The smallest absolute Gasteiger partial charge is 0.244 e. The van der Waals surface area contributed by atoms with Crippen LogP contribution in [-0.4, -0.2) is 25.4 Å². The molecular weight excluding hydrogens is 317 g/mol. The first-order valence-electron chi connectivity index (χ1n) is 5.87. The molecule has 6 nitrogen and oxygen atoms in total. The van der Waals surface area contributed by atoms with Crippen molar-refractivity contribution < 1.29 is 17.6 Å². The summed E-state index contributed by atoms with van der Waals surface area (Å²) in [6.07, 6.45) is 1.52. The number of thiazole rings is 1. The highest BCUT2D eigenvalue weighted by molar-refractivity contribution is 7.89. The molecule has 0 saturated heterocycles. The third kappa shape index (κ3) is 4.06. The summed E-state index contributed by atoms with van der Waals surface area (Å²) >= 11 is 1.22. The quantitative estimate of drug-likeness (QED) is 0.872. The third-order valence-electron chi connectivity index (χ3n) is 2.51. The highest BCUT2D eigenvalue weighted by Gasteiger charge is 2.22. The number of anilines is 1. The number of halogens is 1. The zero-order valence-corrected chi connectivity index (χ0v) is 12.5. The van der Waals surface area contributed by atoms with E-state index in [1.807, 2.05) is 0 Å². The molecule has 2 rings (SSSR count). The Labute approximate surface area is 125 Å². The molecule has 1 heterocycles. The number of carbonyl (C=O) groups is 1. The molecule has 0 radical (unpaired) electrons. The standard InChI is InChI=1S/C12H12FN3O3S2/c1-8(11(17)15-12-14-6-7-20-12)16-21(18,19)10-4-2-9(13)3-5-10/h2-8,16H,1H3,(H,14,15,17)/t8-/m0/s1. The number of nitrogens with one attached hydrogen (secondary N) is 2. The zero-order valence-electron chi connectivity index (χ0n) is 10.9. The highest BCUT2D eigenvalue weighted by atomic mass is 32.2. The van der Waals surface area contributed by atoms with Gasteiger partial charge in [-0.25, -0.2) is 17.8 Å². The molecule has 0 aliphatic heterocycles. The monoisotopic (exact) mass is 329 g/mol. The van der Waals surface area contributed by atoms with Crippen molar-refractivity contribution in [3.8, 4) is 0 Å². The van der Waals surface area contributed by atoms with Crippen LogP contribution in [0, 0.1) is 5.82 Å². The first kappa shape index (κ1) is 15.5. The fourth-order valence-electron chi connectivity index (χ4n) is 1.47. The molecule has 0 spiro atoms. The van der Waals surface area contributed by atoms with Crippen LogP contribution in [-0.2, 0) is 14.8 Å². The van der Waals surface area contributed by atoms with Gasteiger partial charge in [-0.1, -0.05) is 0 Å². The maximum Gasteiger partial charge on any atom is 0.244 e. The Morgan fingerprint density at radius 2 is 2.00 bits per heavy atom. The molecule has 1 aromatic heterocycles. The predicted molar refractivity (Wildman–Crippen MR) is 76.9 cm³/mol. The van der Waals surface area contributed by atoms with Gasteiger partial charge in [0.05, 0.1) is 10.9 Å². The minimum atomic E-state index is -3.89. The van der Waals surface area contributed by atoms with Gasteiger partial charge < -0.3 is 5.32 Å². The van der Waals surface area contributed by atoms with Crippen LogP contribution in [0.4, 0.5) is 9.52 Å². The van der Waals surface area contributed by atoms with Crippen molar-refractivity contribution in [1.29, 1.82) is 0 Å². The number of sulfonamides is 1. The number of aromatic nitrogens is 1. The Kier molecular flexibility index (Phi) is 4.66. The number of amides is 1. The van der Waals surface area contributed by atoms with Gasteiger partial charge in [0.1, 0.15) is 5.82 Å². The fourth-order valence-corrected chi connectivity index (χ4v) is 3.20. The van der Waals surface area contributed by atoms with Crippen LogP contribution in [0.1, 0.15) is 6.92 Å². The van der Waals surface area contributed by atoms with Crippen LogP contribution in [0.3, 0.4) is 0 Å². The molecule has 0 bridgehead atoms. The fraction of sp³-hybridized carbons (Fsp3) is 0.167. The van der Waals surface area contributed by atoms with Gasteiger partial charge in [-0.15, -0.1) is 11.3 Å². The van der Waals surface area contributed by atoms with E-state index in [0.29, 0.717) is 5.13 Å². The minimum Gasteiger partial charge on any atom is -0.301 e. The second kappa shape index (κ2) is 6.29. The maximum atomic E-state index is 12.8. The molecule has 2 aromatic rings. The maximum absolute atomic E-state index is 12.8. The zero-order chi connectivity index (χ0) is 15.5. The largest absolute Gasteiger partial charge is 0.301 e. The van der Waals surface area contributed by atoms with E-state index in [9.17, 15) is 17.6 Å². The summed E-state index contributed by atoms with van der Waals surface area (Å²) in [7, 11) is -3.89. The minimum absolute atomic E-state index is 0.113. The van der Waals surface area contributed by atoms with Crippen molar-refractivity contribution in [3.63, 3.8) is 0 Å². The van der Waals surface area contributed by atoms with E-state index in [0.717, 1.165) is 24.3 Å². The average Bonchev–Trinajstić information content (AvgIpc) is 2.91. The van der Waals surface area contributed by atoms with Crippen LogP contribution < -0.4 is 10.0 Å². The number of benzene rings is 1. The number of rotatable bonds is 5. The average molecular weight is 329 g/mol. The molecule has 0 aliphatic rings. The van der Waals surface area contributed by atoms with Crippen LogP contribution in [0.15, 0.2) is 40.7 Å². The lowest BCUT2D eigenvalue weighted by Gasteiger charge is -2.13. The van der Waals surface area contributed by atoms with Crippen molar-refractivity contribution in [3.05, 3.63) is 41.7 Å². The third-order valence-corrected chi connectivity index (χ3v) is 4.76. The van der Waals surface area contributed by atoms with E-state index < -0.39 is 27.8 Å². The van der Waals surface area contributed by atoms with Gasteiger partial charge >= 0.3 is 0 Å². The normalized spacial score (nSPS) is 12.9. The van der Waals surface area contributed by atoms with Crippen molar-refractivity contribution in [2.75, 3.05) is 5.32 Å².